The van der Waals surface area contributed by atoms with Crippen molar-refractivity contribution in [2.45, 2.75) is 51.6 Å². The van der Waals surface area contributed by atoms with E-state index in [9.17, 15) is 14.4 Å². The maximum atomic E-state index is 12.7. The lowest BCUT2D eigenvalue weighted by molar-refractivity contribution is -0.152. The van der Waals surface area contributed by atoms with E-state index in [0.717, 1.165) is 42.6 Å². The second-order valence-corrected chi connectivity index (χ2v) is 9.89. The predicted molar refractivity (Wildman–Crippen MR) is 142 cm³/mol. The van der Waals surface area contributed by atoms with E-state index in [1.807, 2.05) is 54.3 Å². The minimum atomic E-state index is -0.191. The number of carbonyl (C=O) groups is 3. The van der Waals surface area contributed by atoms with Gasteiger partial charge in [-0.05, 0) is 49.3 Å². The van der Waals surface area contributed by atoms with Crippen LogP contribution in [0.2, 0.25) is 0 Å². The molecule has 2 aliphatic heterocycles. The van der Waals surface area contributed by atoms with Gasteiger partial charge in [-0.3, -0.25) is 14.4 Å². The Morgan fingerprint density at radius 2 is 1.54 bits per heavy atom. The van der Waals surface area contributed by atoms with Crippen molar-refractivity contribution >= 4 is 17.8 Å². The lowest BCUT2D eigenvalue weighted by atomic mass is 9.97. The van der Waals surface area contributed by atoms with Gasteiger partial charge in [-0.15, -0.1) is 0 Å². The highest BCUT2D eigenvalue weighted by Gasteiger charge is 2.29. The predicted octanol–water partition coefficient (Wildman–Crippen LogP) is 4.10. The summed E-state index contributed by atoms with van der Waals surface area (Å²) in [7, 11) is 0. The molecule has 2 aliphatic rings. The third-order valence-corrected chi connectivity index (χ3v) is 7.38. The average molecular weight is 507 g/mol. The molecule has 2 heterocycles. The molecule has 37 heavy (non-hydrogen) atoms. The number of hydrogen-bond acceptors (Lipinski definition) is 6. The Balaban J connectivity index is 1.16. The quantitative estimate of drug-likeness (QED) is 0.477. The van der Waals surface area contributed by atoms with Crippen LogP contribution in [0.3, 0.4) is 0 Å². The molecule has 2 aromatic rings. The molecular weight excluding hydrogens is 468 g/mol. The summed E-state index contributed by atoms with van der Waals surface area (Å²) >= 11 is 0. The van der Waals surface area contributed by atoms with Crippen LogP contribution in [-0.2, 0) is 30.3 Å². The smallest absolute Gasteiger partial charge is 0.310 e. The third-order valence-electron chi connectivity index (χ3n) is 7.38. The number of likely N-dealkylation sites (tertiary alicyclic amines) is 2. The maximum absolute atomic E-state index is 12.7. The van der Waals surface area contributed by atoms with Crippen molar-refractivity contribution in [3.63, 3.8) is 0 Å². The maximum Gasteiger partial charge on any atom is 0.310 e. The van der Waals surface area contributed by atoms with Gasteiger partial charge in [-0.2, -0.15) is 0 Å². The molecular formula is C30H38N2O5. The molecule has 0 radical (unpaired) electrons. The Labute approximate surface area is 219 Å². The molecule has 198 valence electrons. The topological polar surface area (TPSA) is 76.2 Å². The first-order chi connectivity index (χ1) is 18.0. The van der Waals surface area contributed by atoms with Crippen LogP contribution in [0, 0.1) is 5.92 Å². The zero-order chi connectivity index (χ0) is 26.0. The number of carbonyl (C=O) groups excluding carboxylic acids is 3. The van der Waals surface area contributed by atoms with Crippen LogP contribution in [0.4, 0.5) is 0 Å². The summed E-state index contributed by atoms with van der Waals surface area (Å²) in [5.74, 6) is -0.271. The summed E-state index contributed by atoms with van der Waals surface area (Å²) in [5, 5.41) is 0. The Kier molecular flexibility index (Phi) is 9.71. The van der Waals surface area contributed by atoms with E-state index in [4.69, 9.17) is 9.47 Å². The molecule has 2 saturated heterocycles. The first-order valence-electron chi connectivity index (χ1n) is 13.5. The molecule has 0 aromatic heterocycles. The standard InChI is InChI=1S/C30H38N2O5/c1-2-36-30(35)24-12-20-32(21-13-24)28(33)16-19-31-17-14-26(15-18-31)37-29(34)22-25-10-6-7-11-27(25)23-8-4-3-5-9-23/h3-11,24,26H,2,12-22H2,1H3. The van der Waals surface area contributed by atoms with Crippen molar-refractivity contribution in [1.29, 1.82) is 0 Å². The van der Waals surface area contributed by atoms with Crippen molar-refractivity contribution in [3.8, 4) is 11.1 Å². The average Bonchev–Trinajstić information content (AvgIpc) is 2.93. The zero-order valence-corrected chi connectivity index (χ0v) is 21.8. The minimum Gasteiger partial charge on any atom is -0.466 e. The molecule has 1 amide bonds. The molecule has 0 saturated carbocycles. The van der Waals surface area contributed by atoms with E-state index < -0.39 is 0 Å². The van der Waals surface area contributed by atoms with E-state index in [0.29, 0.717) is 45.5 Å². The van der Waals surface area contributed by atoms with Gasteiger partial charge < -0.3 is 19.3 Å². The fraction of sp³-hybridized carbons (Fsp3) is 0.500. The number of nitrogens with zero attached hydrogens (tertiary/aromatic N) is 2. The molecule has 0 aliphatic carbocycles. The summed E-state index contributed by atoms with van der Waals surface area (Å²) < 4.78 is 10.9. The van der Waals surface area contributed by atoms with Crippen molar-refractivity contribution < 1.29 is 23.9 Å². The van der Waals surface area contributed by atoms with Crippen LogP contribution in [0.5, 0.6) is 0 Å². The number of piperidine rings is 2. The molecule has 0 unspecified atom stereocenters. The van der Waals surface area contributed by atoms with Crippen LogP contribution < -0.4 is 0 Å². The summed E-state index contributed by atoms with van der Waals surface area (Å²) in [4.78, 5) is 41.4. The molecule has 7 heteroatoms. The van der Waals surface area contributed by atoms with Gasteiger partial charge in [0.2, 0.25) is 5.91 Å². The number of rotatable bonds is 9. The second-order valence-electron chi connectivity index (χ2n) is 9.89. The third kappa shape index (κ3) is 7.65. The fourth-order valence-electron chi connectivity index (χ4n) is 5.24. The molecule has 0 spiro atoms. The summed E-state index contributed by atoms with van der Waals surface area (Å²) in [6.45, 7) is 5.79. The van der Waals surface area contributed by atoms with E-state index in [-0.39, 0.29) is 36.3 Å². The highest BCUT2D eigenvalue weighted by Crippen LogP contribution is 2.25. The number of ether oxygens (including phenoxy) is 2. The minimum absolute atomic E-state index is 0.0785. The summed E-state index contributed by atoms with van der Waals surface area (Å²) in [6.07, 6.45) is 3.58. The number of esters is 2. The van der Waals surface area contributed by atoms with Crippen molar-refractivity contribution in [2.24, 2.45) is 5.92 Å². The number of hydrogen-bond donors (Lipinski definition) is 0. The van der Waals surface area contributed by atoms with Crippen LogP contribution >= 0.6 is 0 Å². The molecule has 7 nitrogen and oxygen atoms in total. The van der Waals surface area contributed by atoms with Crippen LogP contribution in [-0.4, -0.2) is 73.1 Å². The molecule has 2 fully saturated rings. The molecule has 0 atom stereocenters. The van der Waals surface area contributed by atoms with Crippen LogP contribution in [0.1, 0.15) is 44.6 Å². The summed E-state index contributed by atoms with van der Waals surface area (Å²) in [5.41, 5.74) is 3.13. The Hall–Kier alpha value is -3.19. The fourth-order valence-corrected chi connectivity index (χ4v) is 5.24. The lowest BCUT2D eigenvalue weighted by Gasteiger charge is -2.33. The second kappa shape index (κ2) is 13.4. The van der Waals surface area contributed by atoms with Gasteiger partial charge in [-0.1, -0.05) is 54.6 Å². The lowest BCUT2D eigenvalue weighted by Crippen LogP contribution is -2.43. The van der Waals surface area contributed by atoms with E-state index in [1.54, 1.807) is 0 Å². The highest BCUT2D eigenvalue weighted by atomic mass is 16.5. The zero-order valence-electron chi connectivity index (χ0n) is 21.8. The van der Waals surface area contributed by atoms with Gasteiger partial charge in [-0.25, -0.2) is 0 Å². The van der Waals surface area contributed by atoms with Crippen LogP contribution in [0.15, 0.2) is 54.6 Å². The van der Waals surface area contributed by atoms with E-state index in [1.165, 1.54) is 0 Å². The monoisotopic (exact) mass is 506 g/mol. The van der Waals surface area contributed by atoms with E-state index >= 15 is 0 Å². The van der Waals surface area contributed by atoms with Gasteiger partial charge in [0.25, 0.3) is 0 Å². The number of amides is 1. The normalized spacial score (nSPS) is 17.4. The Morgan fingerprint density at radius 3 is 2.24 bits per heavy atom. The first kappa shape index (κ1) is 26.9. The van der Waals surface area contributed by atoms with Gasteiger partial charge in [0, 0.05) is 39.1 Å². The van der Waals surface area contributed by atoms with Crippen molar-refractivity contribution in [1.82, 2.24) is 9.80 Å². The molecule has 0 bridgehead atoms. The van der Waals surface area contributed by atoms with Gasteiger partial charge in [0.1, 0.15) is 6.10 Å². The van der Waals surface area contributed by atoms with Crippen molar-refractivity contribution in [2.75, 3.05) is 39.3 Å². The first-order valence-corrected chi connectivity index (χ1v) is 13.5. The summed E-state index contributed by atoms with van der Waals surface area (Å²) in [6, 6.07) is 18.1. The van der Waals surface area contributed by atoms with Crippen LogP contribution in [0.25, 0.3) is 11.1 Å². The molecule has 0 N–H and O–H groups in total. The van der Waals surface area contributed by atoms with E-state index in [2.05, 4.69) is 17.0 Å². The van der Waals surface area contributed by atoms with Gasteiger partial charge >= 0.3 is 11.9 Å². The van der Waals surface area contributed by atoms with Gasteiger partial charge in [0.15, 0.2) is 0 Å². The van der Waals surface area contributed by atoms with Crippen molar-refractivity contribution in [3.05, 3.63) is 60.2 Å². The largest absolute Gasteiger partial charge is 0.466 e. The Morgan fingerprint density at radius 1 is 0.865 bits per heavy atom. The SMILES string of the molecule is CCOC(=O)C1CCN(C(=O)CCN2CCC(OC(=O)Cc3ccccc3-c3ccccc3)CC2)CC1. The number of benzene rings is 2. The Bertz CT molecular complexity index is 1040. The van der Waals surface area contributed by atoms with Gasteiger partial charge in [0.05, 0.1) is 18.9 Å². The molecule has 2 aromatic carbocycles. The highest BCUT2D eigenvalue weighted by molar-refractivity contribution is 5.78. The molecule has 4 rings (SSSR count).